The molecular formula is C23H22ClN3O2. The molecule has 0 bridgehead atoms. The molecule has 148 valence electrons. The van der Waals surface area contributed by atoms with Crippen molar-refractivity contribution in [3.05, 3.63) is 75.9 Å². The van der Waals surface area contributed by atoms with Crippen LogP contribution in [0.3, 0.4) is 0 Å². The Balaban J connectivity index is 1.48. The van der Waals surface area contributed by atoms with Gasteiger partial charge in [-0.3, -0.25) is 14.6 Å². The first-order valence-electron chi connectivity index (χ1n) is 9.63. The molecule has 29 heavy (non-hydrogen) atoms. The summed E-state index contributed by atoms with van der Waals surface area (Å²) in [5, 5.41) is 4.43. The van der Waals surface area contributed by atoms with Crippen LogP contribution in [0.2, 0.25) is 5.02 Å². The number of fused-ring (bicyclic) bond motifs is 1. The van der Waals surface area contributed by atoms with E-state index < -0.39 is 0 Å². The van der Waals surface area contributed by atoms with E-state index in [0.717, 1.165) is 29.3 Å². The fraction of sp³-hybridized carbons (Fsp3) is 0.261. The standard InChI is InChI=1S/C23H22ClN3O2/c1-14-20(12-17-11-18(24)7-10-21(17)25-14)23(29)27(2)13-15-3-5-16(6-4-15)22(28)26-19-8-9-19/h3-7,10-12,19H,8-9,13H2,1-2H3,(H,26,28). The predicted octanol–water partition coefficient (Wildman–Crippen LogP) is 4.36. The van der Waals surface area contributed by atoms with Gasteiger partial charge in [-0.2, -0.15) is 0 Å². The van der Waals surface area contributed by atoms with Crippen LogP contribution < -0.4 is 5.32 Å². The molecule has 1 fully saturated rings. The monoisotopic (exact) mass is 407 g/mol. The minimum absolute atomic E-state index is 0.0417. The fourth-order valence-corrected chi connectivity index (χ4v) is 3.45. The van der Waals surface area contributed by atoms with Gasteiger partial charge in [0.05, 0.1) is 16.8 Å². The Morgan fingerprint density at radius 3 is 2.55 bits per heavy atom. The SMILES string of the molecule is Cc1nc2ccc(Cl)cc2cc1C(=O)N(C)Cc1ccc(C(=O)NC2CC2)cc1. The Hall–Kier alpha value is -2.92. The maximum Gasteiger partial charge on any atom is 0.255 e. The number of hydrogen-bond donors (Lipinski definition) is 1. The summed E-state index contributed by atoms with van der Waals surface area (Å²) in [6.45, 7) is 2.28. The first kappa shape index (κ1) is 19.4. The lowest BCUT2D eigenvalue weighted by Gasteiger charge is -2.19. The highest BCUT2D eigenvalue weighted by atomic mass is 35.5. The van der Waals surface area contributed by atoms with E-state index >= 15 is 0 Å². The maximum absolute atomic E-state index is 13.0. The predicted molar refractivity (Wildman–Crippen MR) is 114 cm³/mol. The molecule has 1 saturated carbocycles. The van der Waals surface area contributed by atoms with Crippen molar-refractivity contribution >= 4 is 34.3 Å². The van der Waals surface area contributed by atoms with Gasteiger partial charge in [-0.05, 0) is 61.7 Å². The zero-order valence-electron chi connectivity index (χ0n) is 16.4. The van der Waals surface area contributed by atoms with Crippen molar-refractivity contribution in [2.75, 3.05) is 7.05 Å². The number of rotatable bonds is 5. The van der Waals surface area contributed by atoms with Crippen LogP contribution in [0.4, 0.5) is 0 Å². The normalized spacial score (nSPS) is 13.3. The highest BCUT2D eigenvalue weighted by Crippen LogP contribution is 2.22. The molecule has 0 atom stereocenters. The lowest BCUT2D eigenvalue weighted by Crippen LogP contribution is -2.27. The number of amides is 2. The highest BCUT2D eigenvalue weighted by Gasteiger charge is 2.23. The number of pyridine rings is 1. The van der Waals surface area contributed by atoms with E-state index in [4.69, 9.17) is 11.6 Å². The van der Waals surface area contributed by atoms with Crippen LogP contribution in [0.15, 0.2) is 48.5 Å². The summed E-state index contributed by atoms with van der Waals surface area (Å²) in [6.07, 6.45) is 2.12. The van der Waals surface area contributed by atoms with Crippen LogP contribution in [0, 0.1) is 6.92 Å². The molecule has 1 aliphatic rings. The van der Waals surface area contributed by atoms with E-state index in [0.29, 0.717) is 34.4 Å². The molecule has 0 unspecified atom stereocenters. The van der Waals surface area contributed by atoms with Gasteiger partial charge in [-0.1, -0.05) is 23.7 Å². The van der Waals surface area contributed by atoms with Crippen LogP contribution >= 0.6 is 11.6 Å². The van der Waals surface area contributed by atoms with Crippen molar-refractivity contribution in [1.82, 2.24) is 15.2 Å². The van der Waals surface area contributed by atoms with Crippen LogP contribution in [0.5, 0.6) is 0 Å². The van der Waals surface area contributed by atoms with Crippen LogP contribution in [-0.4, -0.2) is 34.8 Å². The topological polar surface area (TPSA) is 62.3 Å². The van der Waals surface area contributed by atoms with Gasteiger partial charge in [0.2, 0.25) is 0 Å². The van der Waals surface area contributed by atoms with Crippen molar-refractivity contribution in [1.29, 1.82) is 0 Å². The zero-order chi connectivity index (χ0) is 20.5. The number of nitrogens with one attached hydrogen (secondary N) is 1. The molecule has 4 rings (SSSR count). The molecule has 0 radical (unpaired) electrons. The number of aromatic nitrogens is 1. The number of nitrogens with zero attached hydrogens (tertiary/aromatic N) is 2. The third-order valence-corrected chi connectivity index (χ3v) is 5.33. The van der Waals surface area contributed by atoms with Gasteiger partial charge in [0.15, 0.2) is 0 Å². The molecule has 3 aromatic rings. The van der Waals surface area contributed by atoms with Gasteiger partial charge >= 0.3 is 0 Å². The average molecular weight is 408 g/mol. The van der Waals surface area contributed by atoms with Gasteiger partial charge in [0.1, 0.15) is 0 Å². The lowest BCUT2D eigenvalue weighted by atomic mass is 10.1. The van der Waals surface area contributed by atoms with Crippen LogP contribution in [0.1, 0.15) is 44.8 Å². The minimum atomic E-state index is -0.104. The molecule has 1 aliphatic carbocycles. The van der Waals surface area contributed by atoms with E-state index in [-0.39, 0.29) is 11.8 Å². The van der Waals surface area contributed by atoms with Gasteiger partial charge in [0.25, 0.3) is 11.8 Å². The first-order valence-corrected chi connectivity index (χ1v) is 10.0. The molecule has 0 saturated heterocycles. The van der Waals surface area contributed by atoms with Gasteiger partial charge in [0, 0.05) is 35.6 Å². The zero-order valence-corrected chi connectivity index (χ0v) is 17.2. The second kappa shape index (κ2) is 7.84. The second-order valence-electron chi connectivity index (χ2n) is 7.56. The summed E-state index contributed by atoms with van der Waals surface area (Å²) in [5.74, 6) is -0.146. The fourth-order valence-electron chi connectivity index (χ4n) is 3.27. The molecule has 6 heteroatoms. The van der Waals surface area contributed by atoms with E-state index in [1.54, 1.807) is 30.1 Å². The largest absolute Gasteiger partial charge is 0.349 e. The summed E-state index contributed by atoms with van der Waals surface area (Å²) >= 11 is 6.07. The Morgan fingerprint density at radius 2 is 1.86 bits per heavy atom. The maximum atomic E-state index is 13.0. The first-order chi connectivity index (χ1) is 13.9. The third-order valence-electron chi connectivity index (χ3n) is 5.09. The molecule has 0 aliphatic heterocycles. The summed E-state index contributed by atoms with van der Waals surface area (Å²) in [4.78, 5) is 31.3. The number of benzene rings is 2. The van der Waals surface area contributed by atoms with E-state index in [1.165, 1.54) is 0 Å². The summed E-state index contributed by atoms with van der Waals surface area (Å²) < 4.78 is 0. The summed E-state index contributed by atoms with van der Waals surface area (Å²) in [6, 6.07) is 15.0. The molecular weight excluding hydrogens is 386 g/mol. The number of aryl methyl sites for hydroxylation is 1. The molecule has 1 heterocycles. The number of carbonyl (C=O) groups excluding carboxylic acids is 2. The van der Waals surface area contributed by atoms with E-state index in [9.17, 15) is 9.59 Å². The minimum Gasteiger partial charge on any atom is -0.349 e. The highest BCUT2D eigenvalue weighted by molar-refractivity contribution is 6.31. The van der Waals surface area contributed by atoms with Gasteiger partial charge < -0.3 is 10.2 Å². The summed E-state index contributed by atoms with van der Waals surface area (Å²) in [5.41, 5.74) is 3.65. The average Bonchev–Trinajstić information content (AvgIpc) is 3.51. The molecule has 5 nitrogen and oxygen atoms in total. The van der Waals surface area contributed by atoms with Crippen LogP contribution in [-0.2, 0) is 6.54 Å². The van der Waals surface area contributed by atoms with Crippen molar-refractivity contribution in [2.45, 2.75) is 32.4 Å². The molecule has 2 aromatic carbocycles. The van der Waals surface area contributed by atoms with Crippen molar-refractivity contribution in [3.63, 3.8) is 0 Å². The van der Waals surface area contributed by atoms with Crippen molar-refractivity contribution in [3.8, 4) is 0 Å². The van der Waals surface area contributed by atoms with Gasteiger partial charge in [-0.25, -0.2) is 0 Å². The number of hydrogen-bond acceptors (Lipinski definition) is 3. The van der Waals surface area contributed by atoms with E-state index in [1.807, 2.05) is 37.3 Å². The molecule has 1 aromatic heterocycles. The Bertz CT molecular complexity index is 1090. The summed E-state index contributed by atoms with van der Waals surface area (Å²) in [7, 11) is 1.76. The van der Waals surface area contributed by atoms with Crippen molar-refractivity contribution < 1.29 is 9.59 Å². The number of halogens is 1. The Morgan fingerprint density at radius 1 is 1.14 bits per heavy atom. The second-order valence-corrected chi connectivity index (χ2v) is 8.00. The van der Waals surface area contributed by atoms with Crippen LogP contribution in [0.25, 0.3) is 10.9 Å². The van der Waals surface area contributed by atoms with E-state index in [2.05, 4.69) is 10.3 Å². The third kappa shape index (κ3) is 4.40. The molecule has 2 amide bonds. The lowest BCUT2D eigenvalue weighted by molar-refractivity contribution is 0.0783. The molecule has 0 spiro atoms. The molecule has 1 N–H and O–H groups in total. The van der Waals surface area contributed by atoms with Crippen molar-refractivity contribution in [2.24, 2.45) is 0 Å². The Labute approximate surface area is 174 Å². The smallest absolute Gasteiger partial charge is 0.255 e. The number of carbonyl (C=O) groups is 2. The Kier molecular flexibility index (Phi) is 5.24. The van der Waals surface area contributed by atoms with Gasteiger partial charge in [-0.15, -0.1) is 0 Å². The quantitative estimate of drug-likeness (QED) is 0.683.